The molecule has 0 heterocycles. The van der Waals surface area contributed by atoms with Crippen LogP contribution < -0.4 is 16.2 Å². The Morgan fingerprint density at radius 3 is 2.26 bits per heavy atom. The van der Waals surface area contributed by atoms with Gasteiger partial charge in [-0.3, -0.25) is 4.79 Å². The minimum Gasteiger partial charge on any atom is -0.456 e. The van der Waals surface area contributed by atoms with Crippen molar-refractivity contribution in [1.29, 1.82) is 0 Å². The van der Waals surface area contributed by atoms with Crippen molar-refractivity contribution in [3.63, 3.8) is 0 Å². The van der Waals surface area contributed by atoms with Gasteiger partial charge in [-0.2, -0.15) is 0 Å². The fourth-order valence-electron chi connectivity index (χ4n) is 1.54. The highest BCUT2D eigenvalue weighted by Crippen LogP contribution is 2.27. The van der Waals surface area contributed by atoms with Crippen LogP contribution in [0.4, 0.5) is 14.5 Å². The van der Waals surface area contributed by atoms with Crippen LogP contribution in [0.5, 0.6) is 11.5 Å². The molecule has 0 bridgehead atoms. The molecule has 0 aliphatic carbocycles. The van der Waals surface area contributed by atoms with Crippen molar-refractivity contribution in [3.8, 4) is 11.5 Å². The molecule has 0 atom stereocenters. The fourth-order valence-corrected chi connectivity index (χ4v) is 1.54. The average Bonchev–Trinajstić information content (AvgIpc) is 2.30. The summed E-state index contributed by atoms with van der Waals surface area (Å²) in [5, 5.41) is 0. The molecule has 1 amide bonds. The van der Waals surface area contributed by atoms with Gasteiger partial charge >= 0.3 is 0 Å². The van der Waals surface area contributed by atoms with Crippen LogP contribution in [0.3, 0.4) is 0 Å². The van der Waals surface area contributed by atoms with Gasteiger partial charge in [-0.25, -0.2) is 8.78 Å². The quantitative estimate of drug-likeness (QED) is 0.836. The summed E-state index contributed by atoms with van der Waals surface area (Å²) in [4.78, 5) is 11.2. The summed E-state index contributed by atoms with van der Waals surface area (Å²) >= 11 is 0. The van der Waals surface area contributed by atoms with Crippen molar-refractivity contribution in [1.82, 2.24) is 0 Å². The second-order valence-electron chi connectivity index (χ2n) is 3.83. The lowest BCUT2D eigenvalue weighted by molar-refractivity contribution is 0.0998. The summed E-state index contributed by atoms with van der Waals surface area (Å²) in [7, 11) is 0. The van der Waals surface area contributed by atoms with Gasteiger partial charge in [-0.1, -0.05) is 0 Å². The van der Waals surface area contributed by atoms with Gasteiger partial charge in [0.25, 0.3) is 5.91 Å². The highest BCUT2D eigenvalue weighted by Gasteiger charge is 2.12. The number of anilines is 1. The summed E-state index contributed by atoms with van der Waals surface area (Å²) in [6.07, 6.45) is 0. The number of nitrogen functional groups attached to an aromatic ring is 1. The van der Waals surface area contributed by atoms with Gasteiger partial charge in [-0.15, -0.1) is 0 Å². The first kappa shape index (κ1) is 12.8. The van der Waals surface area contributed by atoms with Gasteiger partial charge in [0.1, 0.15) is 23.1 Å². The van der Waals surface area contributed by atoms with Crippen LogP contribution in [-0.4, -0.2) is 5.91 Å². The normalized spacial score (nSPS) is 10.2. The molecule has 0 spiro atoms. The first-order valence-corrected chi connectivity index (χ1v) is 5.29. The van der Waals surface area contributed by atoms with Crippen molar-refractivity contribution in [2.45, 2.75) is 0 Å². The zero-order valence-electron chi connectivity index (χ0n) is 9.69. The monoisotopic (exact) mass is 264 g/mol. The minimum absolute atomic E-state index is 0.0321. The molecule has 19 heavy (non-hydrogen) atoms. The molecule has 98 valence electrons. The lowest BCUT2D eigenvalue weighted by Crippen LogP contribution is -2.12. The van der Waals surface area contributed by atoms with E-state index in [1.165, 1.54) is 18.2 Å². The van der Waals surface area contributed by atoms with Crippen LogP contribution in [0.1, 0.15) is 10.4 Å². The predicted octanol–water partition coefficient (Wildman–Crippen LogP) is 2.44. The van der Waals surface area contributed by atoms with Gasteiger partial charge in [0.2, 0.25) is 0 Å². The zero-order chi connectivity index (χ0) is 14.0. The molecule has 0 unspecified atom stereocenters. The topological polar surface area (TPSA) is 78.3 Å². The second-order valence-corrected chi connectivity index (χ2v) is 3.83. The third kappa shape index (κ3) is 2.98. The SMILES string of the molecule is NC(=O)c1cc(N)ccc1Oc1cc(F)cc(F)c1. The zero-order valence-corrected chi connectivity index (χ0v) is 9.69. The Balaban J connectivity index is 2.40. The van der Waals surface area contributed by atoms with Gasteiger partial charge in [0, 0.05) is 23.9 Å². The van der Waals surface area contributed by atoms with Crippen LogP contribution in [0, 0.1) is 11.6 Å². The Hall–Kier alpha value is -2.63. The highest BCUT2D eigenvalue weighted by molar-refractivity contribution is 5.96. The van der Waals surface area contributed by atoms with Crippen molar-refractivity contribution < 1.29 is 18.3 Å². The molecule has 0 saturated carbocycles. The van der Waals surface area contributed by atoms with E-state index in [0.717, 1.165) is 12.1 Å². The first-order chi connectivity index (χ1) is 8.95. The van der Waals surface area contributed by atoms with E-state index in [1.54, 1.807) is 0 Å². The number of hydrogen-bond donors (Lipinski definition) is 2. The minimum atomic E-state index is -0.786. The van der Waals surface area contributed by atoms with E-state index < -0.39 is 17.5 Å². The number of carbonyl (C=O) groups is 1. The van der Waals surface area contributed by atoms with E-state index >= 15 is 0 Å². The number of carbonyl (C=O) groups excluding carboxylic acids is 1. The average molecular weight is 264 g/mol. The van der Waals surface area contributed by atoms with Crippen molar-refractivity contribution >= 4 is 11.6 Å². The van der Waals surface area contributed by atoms with Crippen LogP contribution in [-0.2, 0) is 0 Å². The maximum absolute atomic E-state index is 13.0. The van der Waals surface area contributed by atoms with E-state index in [2.05, 4.69) is 0 Å². The number of rotatable bonds is 3. The fraction of sp³-hybridized carbons (Fsp3) is 0. The van der Waals surface area contributed by atoms with Gasteiger partial charge in [0.05, 0.1) is 5.56 Å². The number of benzene rings is 2. The van der Waals surface area contributed by atoms with E-state index in [0.29, 0.717) is 11.8 Å². The maximum atomic E-state index is 13.0. The Morgan fingerprint density at radius 1 is 1.05 bits per heavy atom. The molecule has 0 aliphatic rings. The Kier molecular flexibility index (Phi) is 3.33. The molecule has 4 nitrogen and oxygen atoms in total. The molecule has 2 aromatic carbocycles. The maximum Gasteiger partial charge on any atom is 0.252 e. The third-order valence-electron chi connectivity index (χ3n) is 2.33. The highest BCUT2D eigenvalue weighted by atomic mass is 19.1. The van der Waals surface area contributed by atoms with Crippen LogP contribution >= 0.6 is 0 Å². The summed E-state index contributed by atoms with van der Waals surface area (Å²) in [6.45, 7) is 0. The van der Waals surface area contributed by atoms with E-state index in [1.807, 2.05) is 0 Å². The summed E-state index contributed by atoms with van der Waals surface area (Å²) < 4.78 is 31.3. The van der Waals surface area contributed by atoms with E-state index in [-0.39, 0.29) is 17.1 Å². The molecule has 6 heteroatoms. The molecule has 2 rings (SSSR count). The van der Waals surface area contributed by atoms with Gasteiger partial charge in [0.15, 0.2) is 0 Å². The molecule has 0 aromatic heterocycles. The Morgan fingerprint density at radius 2 is 1.68 bits per heavy atom. The molecule has 4 N–H and O–H groups in total. The molecule has 0 aliphatic heterocycles. The number of hydrogen-bond acceptors (Lipinski definition) is 3. The van der Waals surface area contributed by atoms with E-state index in [9.17, 15) is 13.6 Å². The van der Waals surface area contributed by atoms with E-state index in [4.69, 9.17) is 16.2 Å². The molecular formula is C13H10F2N2O2. The molecule has 2 aromatic rings. The summed E-state index contributed by atoms with van der Waals surface area (Å²) in [6, 6.07) is 6.91. The summed E-state index contributed by atoms with van der Waals surface area (Å²) in [5.74, 6) is -2.33. The number of ether oxygens (including phenoxy) is 1. The number of primary amides is 1. The lowest BCUT2D eigenvalue weighted by atomic mass is 10.1. The Bertz CT molecular complexity index is 624. The molecule has 0 radical (unpaired) electrons. The smallest absolute Gasteiger partial charge is 0.252 e. The molecular weight excluding hydrogens is 254 g/mol. The van der Waals surface area contributed by atoms with Gasteiger partial charge in [-0.05, 0) is 18.2 Å². The van der Waals surface area contributed by atoms with Crippen molar-refractivity contribution in [2.24, 2.45) is 5.73 Å². The predicted molar refractivity (Wildman–Crippen MR) is 65.8 cm³/mol. The summed E-state index contributed by atoms with van der Waals surface area (Å²) in [5.41, 5.74) is 11.1. The third-order valence-corrected chi connectivity index (χ3v) is 2.33. The second kappa shape index (κ2) is 4.93. The lowest BCUT2D eigenvalue weighted by Gasteiger charge is -2.10. The molecule has 0 saturated heterocycles. The van der Waals surface area contributed by atoms with Crippen LogP contribution in [0.15, 0.2) is 36.4 Å². The standard InChI is InChI=1S/C13H10F2N2O2/c14-7-3-8(15)5-10(4-7)19-12-2-1-9(16)6-11(12)13(17)18/h1-6H,16H2,(H2,17,18). The Labute approximate surface area is 107 Å². The molecule has 0 fully saturated rings. The number of halogens is 2. The number of amides is 1. The van der Waals surface area contributed by atoms with Crippen LogP contribution in [0.25, 0.3) is 0 Å². The van der Waals surface area contributed by atoms with Crippen molar-refractivity contribution in [2.75, 3.05) is 5.73 Å². The van der Waals surface area contributed by atoms with Crippen LogP contribution in [0.2, 0.25) is 0 Å². The number of nitrogens with two attached hydrogens (primary N) is 2. The first-order valence-electron chi connectivity index (χ1n) is 5.29. The van der Waals surface area contributed by atoms with Gasteiger partial charge < -0.3 is 16.2 Å². The van der Waals surface area contributed by atoms with Crippen molar-refractivity contribution in [3.05, 3.63) is 53.6 Å². The largest absolute Gasteiger partial charge is 0.456 e.